The van der Waals surface area contributed by atoms with Gasteiger partial charge in [-0.2, -0.15) is 0 Å². The van der Waals surface area contributed by atoms with Crippen molar-refractivity contribution in [1.82, 2.24) is 10.5 Å². The summed E-state index contributed by atoms with van der Waals surface area (Å²) in [6.07, 6.45) is 0.104. The van der Waals surface area contributed by atoms with E-state index in [-0.39, 0.29) is 11.8 Å². The van der Waals surface area contributed by atoms with Crippen LogP contribution in [0.5, 0.6) is 0 Å². The van der Waals surface area contributed by atoms with Gasteiger partial charge in [0.25, 0.3) is 0 Å². The van der Waals surface area contributed by atoms with E-state index in [4.69, 9.17) is 14.4 Å². The summed E-state index contributed by atoms with van der Waals surface area (Å²) in [5.41, 5.74) is -0.0772. The molecule has 15 heavy (non-hydrogen) atoms. The molecule has 0 radical (unpaired) electrons. The lowest BCUT2D eigenvalue weighted by molar-refractivity contribution is 0.0685. The van der Waals surface area contributed by atoms with Gasteiger partial charge in [0.2, 0.25) is 0 Å². The zero-order valence-electron chi connectivity index (χ0n) is 8.69. The zero-order chi connectivity index (χ0) is 11.3. The number of rotatable bonds is 6. The number of carboxylic acid groups (broad SMARTS) is 1. The molecule has 1 aromatic heterocycles. The second-order valence-electron chi connectivity index (χ2n) is 3.16. The fraction of sp³-hybridized carbons (Fsp3) is 0.556. The third kappa shape index (κ3) is 3.69. The molecule has 1 atom stereocenters. The van der Waals surface area contributed by atoms with Gasteiger partial charge in [0.15, 0.2) is 11.5 Å². The first-order valence-electron chi connectivity index (χ1n) is 4.56. The minimum Gasteiger partial charge on any atom is -0.476 e. The normalized spacial score (nSPS) is 12.7. The summed E-state index contributed by atoms with van der Waals surface area (Å²) in [6, 6.07) is 1.40. The Bertz CT molecular complexity index is 324. The number of hydrogen-bond donors (Lipinski definition) is 2. The van der Waals surface area contributed by atoms with Crippen LogP contribution in [0, 0.1) is 0 Å². The molecule has 0 bridgehead atoms. The molecule has 0 aliphatic carbocycles. The van der Waals surface area contributed by atoms with Gasteiger partial charge in [-0.05, 0) is 6.92 Å². The van der Waals surface area contributed by atoms with Crippen molar-refractivity contribution in [3.63, 3.8) is 0 Å². The Morgan fingerprint density at radius 2 is 2.53 bits per heavy atom. The second kappa shape index (κ2) is 5.47. The molecule has 1 heterocycles. The van der Waals surface area contributed by atoms with Gasteiger partial charge >= 0.3 is 5.97 Å². The summed E-state index contributed by atoms with van der Waals surface area (Å²) in [7, 11) is 1.63. The predicted molar refractivity (Wildman–Crippen MR) is 51.6 cm³/mol. The molecule has 0 saturated carbocycles. The second-order valence-corrected chi connectivity index (χ2v) is 3.16. The molecule has 1 aromatic rings. The Kier molecular flexibility index (Phi) is 4.26. The van der Waals surface area contributed by atoms with E-state index >= 15 is 0 Å². The lowest BCUT2D eigenvalue weighted by atomic mass is 10.3. The number of nitrogens with one attached hydrogen (secondary N) is 1. The van der Waals surface area contributed by atoms with Crippen LogP contribution in [0.4, 0.5) is 0 Å². The molecular weight excluding hydrogens is 200 g/mol. The molecule has 6 nitrogen and oxygen atoms in total. The van der Waals surface area contributed by atoms with Crippen LogP contribution >= 0.6 is 0 Å². The molecule has 0 fully saturated rings. The molecular formula is C9H14N2O4. The van der Waals surface area contributed by atoms with E-state index in [0.29, 0.717) is 18.8 Å². The predicted octanol–water partition coefficient (Wildman–Crippen LogP) is 0.497. The highest BCUT2D eigenvalue weighted by atomic mass is 16.5. The number of ether oxygens (including phenoxy) is 1. The van der Waals surface area contributed by atoms with Gasteiger partial charge in [0.05, 0.1) is 12.6 Å². The van der Waals surface area contributed by atoms with Crippen molar-refractivity contribution < 1.29 is 19.2 Å². The van der Waals surface area contributed by atoms with E-state index < -0.39 is 5.97 Å². The molecule has 0 aliphatic rings. The molecule has 2 N–H and O–H groups in total. The Morgan fingerprint density at radius 3 is 3.07 bits per heavy atom. The smallest absolute Gasteiger partial charge is 0.358 e. The van der Waals surface area contributed by atoms with Crippen molar-refractivity contribution in [1.29, 1.82) is 0 Å². The first-order valence-corrected chi connectivity index (χ1v) is 4.56. The number of nitrogens with zero attached hydrogens (tertiary/aromatic N) is 1. The zero-order valence-corrected chi connectivity index (χ0v) is 8.69. The average molecular weight is 214 g/mol. The standard InChI is InChI=1S/C9H14N2O4/c1-6(14-2)4-10-5-7-3-8(9(12)13)11-15-7/h3,6,10H,4-5H2,1-2H3,(H,12,13). The summed E-state index contributed by atoms with van der Waals surface area (Å²) in [6.45, 7) is 3.03. The summed E-state index contributed by atoms with van der Waals surface area (Å²) in [5.74, 6) is -0.592. The van der Waals surface area contributed by atoms with Crippen LogP contribution in [0.2, 0.25) is 0 Å². The fourth-order valence-electron chi connectivity index (χ4n) is 0.979. The van der Waals surface area contributed by atoms with Crippen LogP contribution in [0.25, 0.3) is 0 Å². The molecule has 1 rings (SSSR count). The fourth-order valence-corrected chi connectivity index (χ4v) is 0.979. The molecule has 0 aromatic carbocycles. The molecule has 1 unspecified atom stereocenters. The highest BCUT2D eigenvalue weighted by Gasteiger charge is 2.10. The van der Waals surface area contributed by atoms with Gasteiger partial charge in [-0.3, -0.25) is 0 Å². The van der Waals surface area contributed by atoms with Crippen molar-refractivity contribution in [2.75, 3.05) is 13.7 Å². The molecule has 0 aliphatic heterocycles. The summed E-state index contributed by atoms with van der Waals surface area (Å²) in [4.78, 5) is 10.5. The van der Waals surface area contributed by atoms with Gasteiger partial charge in [-0.25, -0.2) is 4.79 Å². The van der Waals surface area contributed by atoms with Crippen LogP contribution in [0.15, 0.2) is 10.6 Å². The van der Waals surface area contributed by atoms with E-state index in [2.05, 4.69) is 10.5 Å². The van der Waals surface area contributed by atoms with Crippen molar-refractivity contribution >= 4 is 5.97 Å². The lowest BCUT2D eigenvalue weighted by Crippen LogP contribution is -2.25. The quantitative estimate of drug-likeness (QED) is 0.717. The number of hydrogen-bond acceptors (Lipinski definition) is 5. The molecule has 84 valence electrons. The van der Waals surface area contributed by atoms with Crippen molar-refractivity contribution in [3.8, 4) is 0 Å². The van der Waals surface area contributed by atoms with E-state index in [1.165, 1.54) is 6.07 Å². The van der Waals surface area contributed by atoms with Crippen molar-refractivity contribution in [2.24, 2.45) is 0 Å². The summed E-state index contributed by atoms with van der Waals surface area (Å²) in [5, 5.41) is 15.0. The van der Waals surface area contributed by atoms with Crippen LogP contribution in [0.1, 0.15) is 23.2 Å². The summed E-state index contributed by atoms with van der Waals surface area (Å²) < 4.78 is 9.84. The Balaban J connectivity index is 2.35. The number of methoxy groups -OCH3 is 1. The maximum Gasteiger partial charge on any atom is 0.358 e. The van der Waals surface area contributed by atoms with E-state index in [1.54, 1.807) is 7.11 Å². The number of aromatic carboxylic acids is 1. The maximum atomic E-state index is 10.5. The lowest BCUT2D eigenvalue weighted by Gasteiger charge is -2.08. The topological polar surface area (TPSA) is 84.6 Å². The van der Waals surface area contributed by atoms with Crippen LogP contribution in [-0.2, 0) is 11.3 Å². The highest BCUT2D eigenvalue weighted by Crippen LogP contribution is 2.02. The van der Waals surface area contributed by atoms with Crippen LogP contribution in [-0.4, -0.2) is 36.0 Å². The minimum absolute atomic E-state index is 0.0772. The average Bonchev–Trinajstić information content (AvgIpc) is 2.66. The third-order valence-corrected chi connectivity index (χ3v) is 1.91. The first kappa shape index (κ1) is 11.7. The number of aromatic nitrogens is 1. The molecule has 0 saturated heterocycles. The third-order valence-electron chi connectivity index (χ3n) is 1.91. The van der Waals surface area contributed by atoms with E-state index in [0.717, 1.165) is 0 Å². The van der Waals surface area contributed by atoms with Crippen molar-refractivity contribution in [2.45, 2.75) is 19.6 Å². The van der Waals surface area contributed by atoms with Crippen LogP contribution in [0.3, 0.4) is 0 Å². The Labute approximate surface area is 87.2 Å². The monoisotopic (exact) mass is 214 g/mol. The van der Waals surface area contributed by atoms with Gasteiger partial charge in [0, 0.05) is 19.7 Å². The van der Waals surface area contributed by atoms with Crippen molar-refractivity contribution in [3.05, 3.63) is 17.5 Å². The largest absolute Gasteiger partial charge is 0.476 e. The van der Waals surface area contributed by atoms with E-state index in [1.807, 2.05) is 6.92 Å². The maximum absolute atomic E-state index is 10.5. The van der Waals surface area contributed by atoms with E-state index in [9.17, 15) is 4.79 Å². The summed E-state index contributed by atoms with van der Waals surface area (Å²) >= 11 is 0. The van der Waals surface area contributed by atoms with Crippen LogP contribution < -0.4 is 5.32 Å². The van der Waals surface area contributed by atoms with Gasteiger partial charge < -0.3 is 19.7 Å². The van der Waals surface area contributed by atoms with Gasteiger partial charge in [-0.15, -0.1) is 0 Å². The highest BCUT2D eigenvalue weighted by molar-refractivity contribution is 5.85. The molecule has 0 amide bonds. The Morgan fingerprint density at radius 1 is 1.80 bits per heavy atom. The molecule has 0 spiro atoms. The molecule has 6 heteroatoms. The first-order chi connectivity index (χ1) is 7.13. The number of carbonyl (C=O) groups is 1. The Hall–Kier alpha value is -1.40. The van der Waals surface area contributed by atoms with Gasteiger partial charge in [-0.1, -0.05) is 5.16 Å². The SMILES string of the molecule is COC(C)CNCc1cc(C(=O)O)no1. The van der Waals surface area contributed by atoms with Gasteiger partial charge in [0.1, 0.15) is 0 Å². The minimum atomic E-state index is -1.09. The number of carboxylic acids is 1.